The van der Waals surface area contributed by atoms with Crippen molar-refractivity contribution < 1.29 is 4.92 Å². The number of nitro benzene ring substituents is 1. The van der Waals surface area contributed by atoms with Gasteiger partial charge in [-0.2, -0.15) is 0 Å². The van der Waals surface area contributed by atoms with E-state index in [0.717, 1.165) is 18.7 Å². The second-order valence-corrected chi connectivity index (χ2v) is 4.52. The van der Waals surface area contributed by atoms with Gasteiger partial charge >= 0.3 is 0 Å². The van der Waals surface area contributed by atoms with Crippen molar-refractivity contribution >= 4 is 11.4 Å². The molecule has 0 aliphatic carbocycles. The maximum atomic E-state index is 10.8. The van der Waals surface area contributed by atoms with Gasteiger partial charge in [0.2, 0.25) is 0 Å². The fraction of sp³-hybridized carbons (Fsp3) is 0.538. The van der Waals surface area contributed by atoms with Crippen LogP contribution in [0.2, 0.25) is 0 Å². The Bertz CT molecular complexity index is 419. The molecule has 1 N–H and O–H groups in total. The second-order valence-electron chi connectivity index (χ2n) is 4.52. The Morgan fingerprint density at radius 3 is 2.56 bits per heavy atom. The normalized spacial score (nSPS) is 11.0. The lowest BCUT2D eigenvalue weighted by Gasteiger charge is -2.24. The summed E-state index contributed by atoms with van der Waals surface area (Å²) < 4.78 is 0. The van der Waals surface area contributed by atoms with E-state index < -0.39 is 0 Å². The molecule has 0 aliphatic heterocycles. The first-order valence-electron chi connectivity index (χ1n) is 6.18. The van der Waals surface area contributed by atoms with Crippen LogP contribution in [0.15, 0.2) is 18.2 Å². The second kappa shape index (κ2) is 6.35. The minimum absolute atomic E-state index is 0.119. The fourth-order valence-electron chi connectivity index (χ4n) is 1.94. The molecular formula is C13H21N3O2. The van der Waals surface area contributed by atoms with Crippen molar-refractivity contribution in [1.29, 1.82) is 0 Å². The Morgan fingerprint density at radius 2 is 2.11 bits per heavy atom. The number of hydrogen-bond acceptors (Lipinski definition) is 4. The Balaban J connectivity index is 2.95. The zero-order chi connectivity index (χ0) is 13.7. The van der Waals surface area contributed by atoms with E-state index in [1.54, 1.807) is 13.1 Å². The molecule has 18 heavy (non-hydrogen) atoms. The molecular weight excluding hydrogens is 230 g/mol. The van der Waals surface area contributed by atoms with Crippen molar-refractivity contribution in [3.8, 4) is 0 Å². The smallest absolute Gasteiger partial charge is 0.292 e. The van der Waals surface area contributed by atoms with Gasteiger partial charge in [0.25, 0.3) is 5.69 Å². The average Bonchev–Trinajstić information content (AvgIpc) is 2.34. The molecule has 0 unspecified atom stereocenters. The highest BCUT2D eigenvalue weighted by Gasteiger charge is 2.14. The van der Waals surface area contributed by atoms with Gasteiger partial charge in [0, 0.05) is 25.7 Å². The van der Waals surface area contributed by atoms with Crippen molar-refractivity contribution in [3.05, 3.63) is 33.9 Å². The monoisotopic (exact) mass is 251 g/mol. The van der Waals surface area contributed by atoms with Crippen molar-refractivity contribution in [1.82, 2.24) is 4.90 Å². The third-order valence-corrected chi connectivity index (χ3v) is 3.05. The van der Waals surface area contributed by atoms with Gasteiger partial charge in [0.1, 0.15) is 5.69 Å². The molecule has 0 fully saturated rings. The van der Waals surface area contributed by atoms with Crippen molar-refractivity contribution in [2.24, 2.45) is 0 Å². The summed E-state index contributed by atoms with van der Waals surface area (Å²) in [6, 6.07) is 5.70. The van der Waals surface area contributed by atoms with Crippen LogP contribution in [0, 0.1) is 10.1 Å². The summed E-state index contributed by atoms with van der Waals surface area (Å²) in [5.74, 6) is 0. The minimum Gasteiger partial charge on any atom is -0.383 e. The van der Waals surface area contributed by atoms with Gasteiger partial charge in [0.15, 0.2) is 0 Å². The van der Waals surface area contributed by atoms with Crippen LogP contribution in [0.25, 0.3) is 0 Å². The zero-order valence-corrected chi connectivity index (χ0v) is 11.4. The molecule has 0 spiro atoms. The maximum Gasteiger partial charge on any atom is 0.292 e. The van der Waals surface area contributed by atoms with Crippen molar-refractivity contribution in [2.45, 2.75) is 33.4 Å². The number of nitrogens with one attached hydrogen (secondary N) is 1. The summed E-state index contributed by atoms with van der Waals surface area (Å²) in [7, 11) is 1.70. The number of hydrogen-bond donors (Lipinski definition) is 1. The summed E-state index contributed by atoms with van der Waals surface area (Å²) in [6.45, 7) is 8.18. The molecule has 0 bridgehead atoms. The molecule has 0 amide bonds. The summed E-state index contributed by atoms with van der Waals surface area (Å²) in [5.41, 5.74) is 1.77. The van der Waals surface area contributed by atoms with Gasteiger partial charge in [-0.05, 0) is 32.0 Å². The molecule has 0 aliphatic rings. The van der Waals surface area contributed by atoms with E-state index in [-0.39, 0.29) is 10.6 Å². The molecule has 5 heteroatoms. The summed E-state index contributed by atoms with van der Waals surface area (Å²) in [4.78, 5) is 12.8. The zero-order valence-electron chi connectivity index (χ0n) is 11.4. The largest absolute Gasteiger partial charge is 0.383 e. The molecule has 0 atom stereocenters. The Hall–Kier alpha value is -1.62. The molecule has 0 saturated carbocycles. The lowest BCUT2D eigenvalue weighted by atomic mass is 10.1. The molecule has 0 saturated heterocycles. The van der Waals surface area contributed by atoms with Gasteiger partial charge in [-0.15, -0.1) is 0 Å². The first kappa shape index (κ1) is 14.4. The fourth-order valence-corrected chi connectivity index (χ4v) is 1.94. The first-order valence-corrected chi connectivity index (χ1v) is 6.18. The molecule has 1 aromatic carbocycles. The number of rotatable bonds is 6. The number of nitro groups is 1. The van der Waals surface area contributed by atoms with Crippen LogP contribution in [-0.4, -0.2) is 29.5 Å². The molecule has 1 rings (SSSR count). The van der Waals surface area contributed by atoms with Crippen molar-refractivity contribution in [3.63, 3.8) is 0 Å². The highest BCUT2D eigenvalue weighted by molar-refractivity contribution is 5.62. The molecule has 5 nitrogen and oxygen atoms in total. The van der Waals surface area contributed by atoms with Crippen LogP contribution in [0.4, 0.5) is 11.4 Å². The van der Waals surface area contributed by atoms with Crippen LogP contribution in [0.5, 0.6) is 0 Å². The third kappa shape index (κ3) is 3.43. The molecule has 0 radical (unpaired) electrons. The Kier molecular flexibility index (Phi) is 5.09. The van der Waals surface area contributed by atoms with Crippen LogP contribution < -0.4 is 5.32 Å². The van der Waals surface area contributed by atoms with Gasteiger partial charge in [-0.25, -0.2) is 0 Å². The van der Waals surface area contributed by atoms with Crippen molar-refractivity contribution in [2.75, 3.05) is 18.9 Å². The Morgan fingerprint density at radius 1 is 1.44 bits per heavy atom. The van der Waals surface area contributed by atoms with Crippen LogP contribution in [-0.2, 0) is 6.54 Å². The predicted octanol–water partition coefficient (Wildman–Crippen LogP) is 2.87. The minimum atomic E-state index is -0.365. The maximum absolute atomic E-state index is 10.8. The van der Waals surface area contributed by atoms with Crippen LogP contribution in [0.1, 0.15) is 26.3 Å². The van der Waals surface area contributed by atoms with Gasteiger partial charge in [-0.3, -0.25) is 15.0 Å². The SMILES string of the molecule is CCN(Cc1ccc([N+](=O)[O-])c(NC)c1)C(C)C. The summed E-state index contributed by atoms with van der Waals surface area (Å²) in [6.07, 6.45) is 0. The van der Waals surface area contributed by atoms with E-state index in [1.807, 2.05) is 12.1 Å². The van der Waals surface area contributed by atoms with Gasteiger partial charge in [-0.1, -0.05) is 13.0 Å². The van der Waals surface area contributed by atoms with E-state index in [4.69, 9.17) is 0 Å². The lowest BCUT2D eigenvalue weighted by molar-refractivity contribution is -0.384. The highest BCUT2D eigenvalue weighted by Crippen LogP contribution is 2.25. The molecule has 0 aromatic heterocycles. The number of benzene rings is 1. The first-order chi connectivity index (χ1) is 8.49. The molecule has 100 valence electrons. The Labute approximate surface area is 108 Å². The molecule has 0 heterocycles. The molecule has 1 aromatic rings. The van der Waals surface area contributed by atoms with E-state index in [0.29, 0.717) is 11.7 Å². The van der Waals surface area contributed by atoms with Gasteiger partial charge < -0.3 is 5.32 Å². The standard InChI is InChI=1S/C13H21N3O2/c1-5-15(10(2)3)9-11-6-7-13(16(17)18)12(8-11)14-4/h6-8,10,14H,5,9H2,1-4H3. The van der Waals surface area contributed by atoms with Crippen LogP contribution in [0.3, 0.4) is 0 Å². The predicted molar refractivity (Wildman–Crippen MR) is 73.9 cm³/mol. The van der Waals surface area contributed by atoms with E-state index >= 15 is 0 Å². The summed E-state index contributed by atoms with van der Waals surface area (Å²) in [5, 5.41) is 13.7. The number of nitrogens with zero attached hydrogens (tertiary/aromatic N) is 2. The lowest BCUT2D eigenvalue weighted by Crippen LogP contribution is -2.29. The quantitative estimate of drug-likeness (QED) is 0.624. The van der Waals surface area contributed by atoms with E-state index in [9.17, 15) is 10.1 Å². The number of anilines is 1. The summed E-state index contributed by atoms with van der Waals surface area (Å²) >= 11 is 0. The topological polar surface area (TPSA) is 58.4 Å². The average molecular weight is 251 g/mol. The van der Waals surface area contributed by atoms with Crippen LogP contribution >= 0.6 is 0 Å². The van der Waals surface area contributed by atoms with Gasteiger partial charge in [0.05, 0.1) is 4.92 Å². The highest BCUT2D eigenvalue weighted by atomic mass is 16.6. The van der Waals surface area contributed by atoms with E-state index in [2.05, 4.69) is 31.0 Å². The third-order valence-electron chi connectivity index (χ3n) is 3.05. The van der Waals surface area contributed by atoms with E-state index in [1.165, 1.54) is 0 Å².